The SMILES string of the molecule is CCc1ccccc1NC(=O)CN1CCN(C(=O)CN2C[C@@H](C)O[C@H](C)C2)CC1. The summed E-state index contributed by atoms with van der Waals surface area (Å²) in [5, 5.41) is 3.03. The van der Waals surface area contributed by atoms with Crippen LogP contribution in [-0.2, 0) is 20.7 Å². The van der Waals surface area contributed by atoms with Crippen LogP contribution in [-0.4, -0.2) is 91.1 Å². The van der Waals surface area contributed by atoms with Crippen molar-refractivity contribution in [2.45, 2.75) is 39.4 Å². The van der Waals surface area contributed by atoms with E-state index in [0.717, 1.165) is 43.9 Å². The number of carbonyl (C=O) groups is 2. The van der Waals surface area contributed by atoms with Crippen molar-refractivity contribution in [2.24, 2.45) is 0 Å². The number of nitrogens with one attached hydrogen (secondary N) is 1. The number of para-hydroxylation sites is 1. The summed E-state index contributed by atoms with van der Waals surface area (Å²) < 4.78 is 5.74. The van der Waals surface area contributed by atoms with Gasteiger partial charge in [0, 0.05) is 45.0 Å². The molecular formula is C22H34N4O3. The number of nitrogens with zero attached hydrogens (tertiary/aromatic N) is 3. The van der Waals surface area contributed by atoms with Gasteiger partial charge in [-0.05, 0) is 31.9 Å². The van der Waals surface area contributed by atoms with Crippen molar-refractivity contribution < 1.29 is 14.3 Å². The molecule has 1 aromatic rings. The first-order valence-corrected chi connectivity index (χ1v) is 10.7. The lowest BCUT2D eigenvalue weighted by Gasteiger charge is -2.38. The average Bonchev–Trinajstić information content (AvgIpc) is 2.68. The van der Waals surface area contributed by atoms with Crippen LogP contribution >= 0.6 is 0 Å². The summed E-state index contributed by atoms with van der Waals surface area (Å²) in [7, 11) is 0. The minimum atomic E-state index is 0.00182. The van der Waals surface area contributed by atoms with Gasteiger partial charge in [0.2, 0.25) is 11.8 Å². The Bertz CT molecular complexity index is 693. The zero-order valence-electron chi connectivity index (χ0n) is 17.9. The zero-order valence-corrected chi connectivity index (χ0v) is 17.9. The van der Waals surface area contributed by atoms with Crippen LogP contribution < -0.4 is 5.32 Å². The molecule has 7 nitrogen and oxygen atoms in total. The first-order valence-electron chi connectivity index (χ1n) is 10.7. The summed E-state index contributed by atoms with van der Waals surface area (Å²) in [6.45, 7) is 11.4. The van der Waals surface area contributed by atoms with E-state index in [2.05, 4.69) is 35.9 Å². The summed E-state index contributed by atoms with van der Waals surface area (Å²) in [5.74, 6) is 0.175. The third kappa shape index (κ3) is 6.26. The molecule has 0 unspecified atom stereocenters. The Labute approximate surface area is 174 Å². The topological polar surface area (TPSA) is 65.1 Å². The van der Waals surface area contributed by atoms with Crippen LogP contribution in [0.25, 0.3) is 0 Å². The van der Waals surface area contributed by atoms with E-state index in [1.165, 1.54) is 0 Å². The first kappa shape index (κ1) is 21.7. The molecule has 2 aliphatic rings. The number of anilines is 1. The number of hydrogen-bond acceptors (Lipinski definition) is 5. The van der Waals surface area contributed by atoms with Gasteiger partial charge in [-0.15, -0.1) is 0 Å². The standard InChI is InChI=1S/C22H34N4O3/c1-4-19-7-5-6-8-20(19)23-21(27)15-24-9-11-26(12-10-24)22(28)16-25-13-17(2)29-18(3)14-25/h5-8,17-18H,4,9-16H2,1-3H3,(H,23,27)/t17-,18-/m1/s1. The maximum absolute atomic E-state index is 12.7. The molecule has 29 heavy (non-hydrogen) atoms. The average molecular weight is 403 g/mol. The molecule has 0 saturated carbocycles. The number of rotatable bonds is 6. The van der Waals surface area contributed by atoms with Gasteiger partial charge < -0.3 is 15.0 Å². The lowest BCUT2D eigenvalue weighted by Crippen LogP contribution is -2.54. The van der Waals surface area contributed by atoms with E-state index in [-0.39, 0.29) is 24.0 Å². The van der Waals surface area contributed by atoms with Crippen LogP contribution in [0.3, 0.4) is 0 Å². The van der Waals surface area contributed by atoms with Crippen molar-refractivity contribution in [1.82, 2.24) is 14.7 Å². The maximum atomic E-state index is 12.7. The molecule has 2 fully saturated rings. The van der Waals surface area contributed by atoms with E-state index < -0.39 is 0 Å². The highest BCUT2D eigenvalue weighted by atomic mass is 16.5. The van der Waals surface area contributed by atoms with E-state index in [1.807, 2.05) is 29.2 Å². The minimum absolute atomic E-state index is 0.00182. The molecule has 160 valence electrons. The Kier molecular flexibility index (Phi) is 7.64. The van der Waals surface area contributed by atoms with Crippen LogP contribution in [0.4, 0.5) is 5.69 Å². The van der Waals surface area contributed by atoms with Gasteiger partial charge in [0.15, 0.2) is 0 Å². The Morgan fingerprint density at radius 2 is 1.66 bits per heavy atom. The second-order valence-corrected chi connectivity index (χ2v) is 8.17. The Balaban J connectivity index is 1.41. The van der Waals surface area contributed by atoms with Gasteiger partial charge in [-0.25, -0.2) is 0 Å². The van der Waals surface area contributed by atoms with Crippen LogP contribution in [0.2, 0.25) is 0 Å². The molecule has 2 saturated heterocycles. The van der Waals surface area contributed by atoms with Gasteiger partial charge in [-0.1, -0.05) is 25.1 Å². The molecule has 1 N–H and O–H groups in total. The van der Waals surface area contributed by atoms with Crippen molar-refractivity contribution in [1.29, 1.82) is 0 Å². The predicted molar refractivity (Wildman–Crippen MR) is 114 cm³/mol. The summed E-state index contributed by atoms with van der Waals surface area (Å²) in [6.07, 6.45) is 1.22. The van der Waals surface area contributed by atoms with E-state index >= 15 is 0 Å². The zero-order chi connectivity index (χ0) is 20.8. The molecule has 2 heterocycles. The van der Waals surface area contributed by atoms with Gasteiger partial charge in [0.25, 0.3) is 0 Å². The van der Waals surface area contributed by atoms with E-state index in [1.54, 1.807) is 0 Å². The van der Waals surface area contributed by atoms with Gasteiger partial charge in [-0.3, -0.25) is 19.4 Å². The Hall–Kier alpha value is -1.96. The summed E-state index contributed by atoms with van der Waals surface area (Å²) in [5.41, 5.74) is 2.03. The fourth-order valence-electron chi connectivity index (χ4n) is 4.20. The third-order valence-electron chi connectivity index (χ3n) is 5.62. The van der Waals surface area contributed by atoms with Gasteiger partial charge in [0.1, 0.15) is 0 Å². The number of amides is 2. The number of benzene rings is 1. The molecule has 0 aliphatic carbocycles. The van der Waals surface area contributed by atoms with Crippen molar-refractivity contribution in [3.63, 3.8) is 0 Å². The largest absolute Gasteiger partial charge is 0.373 e. The van der Waals surface area contributed by atoms with Gasteiger partial charge in [0.05, 0.1) is 25.3 Å². The number of piperazine rings is 1. The lowest BCUT2D eigenvalue weighted by atomic mass is 10.1. The fourth-order valence-corrected chi connectivity index (χ4v) is 4.20. The number of hydrogen-bond donors (Lipinski definition) is 1. The molecule has 0 radical (unpaired) electrons. The molecule has 7 heteroatoms. The van der Waals surface area contributed by atoms with Crippen molar-refractivity contribution >= 4 is 17.5 Å². The summed E-state index contributed by atoms with van der Waals surface area (Å²) in [6, 6.07) is 7.91. The fraction of sp³-hybridized carbons (Fsp3) is 0.636. The smallest absolute Gasteiger partial charge is 0.238 e. The number of carbonyl (C=O) groups excluding carboxylic acids is 2. The Morgan fingerprint density at radius 1 is 1.00 bits per heavy atom. The molecule has 2 amide bonds. The number of aryl methyl sites for hydroxylation is 1. The highest BCUT2D eigenvalue weighted by Crippen LogP contribution is 2.16. The highest BCUT2D eigenvalue weighted by Gasteiger charge is 2.27. The summed E-state index contributed by atoms with van der Waals surface area (Å²) in [4.78, 5) is 31.3. The van der Waals surface area contributed by atoms with Crippen molar-refractivity contribution in [2.75, 3.05) is 57.7 Å². The molecule has 0 bridgehead atoms. The van der Waals surface area contributed by atoms with Gasteiger partial charge in [-0.2, -0.15) is 0 Å². The summed E-state index contributed by atoms with van der Waals surface area (Å²) >= 11 is 0. The minimum Gasteiger partial charge on any atom is -0.373 e. The molecule has 2 aliphatic heterocycles. The number of morpholine rings is 1. The van der Waals surface area contributed by atoms with E-state index in [9.17, 15) is 9.59 Å². The maximum Gasteiger partial charge on any atom is 0.238 e. The first-order chi connectivity index (χ1) is 13.9. The molecule has 2 atom stereocenters. The van der Waals surface area contributed by atoms with Crippen molar-refractivity contribution in [3.05, 3.63) is 29.8 Å². The second-order valence-electron chi connectivity index (χ2n) is 8.17. The molecule has 1 aromatic carbocycles. The second kappa shape index (κ2) is 10.2. The van der Waals surface area contributed by atoms with Gasteiger partial charge >= 0.3 is 0 Å². The molecule has 0 spiro atoms. The molecule has 0 aromatic heterocycles. The van der Waals surface area contributed by atoms with Crippen LogP contribution in [0.15, 0.2) is 24.3 Å². The van der Waals surface area contributed by atoms with Crippen molar-refractivity contribution in [3.8, 4) is 0 Å². The molecule has 3 rings (SSSR count). The highest BCUT2D eigenvalue weighted by molar-refractivity contribution is 5.93. The van der Waals surface area contributed by atoms with E-state index in [0.29, 0.717) is 26.2 Å². The monoisotopic (exact) mass is 402 g/mol. The predicted octanol–water partition coefficient (Wildman–Crippen LogP) is 1.44. The lowest BCUT2D eigenvalue weighted by molar-refractivity contribution is -0.137. The third-order valence-corrected chi connectivity index (χ3v) is 5.62. The molecular weight excluding hydrogens is 368 g/mol. The normalized spacial score (nSPS) is 23.8. The van der Waals surface area contributed by atoms with Crippen LogP contribution in [0.1, 0.15) is 26.3 Å². The number of ether oxygens (including phenoxy) is 1. The quantitative estimate of drug-likeness (QED) is 0.780. The Morgan fingerprint density at radius 3 is 2.31 bits per heavy atom. The van der Waals surface area contributed by atoms with Crippen LogP contribution in [0.5, 0.6) is 0 Å². The van der Waals surface area contributed by atoms with Crippen LogP contribution in [0, 0.1) is 0 Å². The van der Waals surface area contributed by atoms with E-state index in [4.69, 9.17) is 4.74 Å².